The number of nitrogens with one attached hydrogen (secondary N) is 1. The van der Waals surface area contributed by atoms with E-state index in [1.165, 1.54) is 11.8 Å². The lowest BCUT2D eigenvalue weighted by atomic mass is 10.2. The topological polar surface area (TPSA) is 62.1 Å². The molecule has 1 N–H and O–H groups in total. The van der Waals surface area contributed by atoms with E-state index in [1.54, 1.807) is 24.3 Å². The highest BCUT2D eigenvalue weighted by molar-refractivity contribution is 9.10. The summed E-state index contributed by atoms with van der Waals surface area (Å²) in [5.41, 5.74) is 1.27. The van der Waals surface area contributed by atoms with Gasteiger partial charge in [0.05, 0.1) is 24.0 Å². The average Bonchev–Trinajstić information content (AvgIpc) is 2.57. The Kier molecular flexibility index (Phi) is 6.98. The molecule has 0 atom stereocenters. The molecule has 0 fully saturated rings. The maximum absolute atomic E-state index is 11.8. The first-order valence-corrected chi connectivity index (χ1v) is 8.88. The second kappa shape index (κ2) is 9.23. The number of halogens is 1. The van der Waals surface area contributed by atoms with Crippen molar-refractivity contribution in [3.05, 3.63) is 58.6 Å². The maximum atomic E-state index is 11.8. The number of hydrogen-bond acceptors (Lipinski definition) is 4. The largest absolute Gasteiger partial charge is 0.493 e. The molecule has 6 heteroatoms. The van der Waals surface area contributed by atoms with Gasteiger partial charge in [-0.15, -0.1) is 11.8 Å². The van der Waals surface area contributed by atoms with Crippen LogP contribution >= 0.6 is 27.7 Å². The van der Waals surface area contributed by atoms with Gasteiger partial charge in [0.25, 0.3) is 0 Å². The summed E-state index contributed by atoms with van der Waals surface area (Å²) in [6.07, 6.45) is 0. The van der Waals surface area contributed by atoms with Gasteiger partial charge in [-0.1, -0.05) is 15.9 Å². The minimum absolute atomic E-state index is 0.0663. The van der Waals surface area contributed by atoms with Gasteiger partial charge in [-0.2, -0.15) is 5.26 Å². The molecule has 0 saturated heterocycles. The molecule has 0 aromatic heterocycles. The lowest BCUT2D eigenvalue weighted by molar-refractivity contribution is -0.113. The van der Waals surface area contributed by atoms with E-state index in [0.29, 0.717) is 23.6 Å². The van der Waals surface area contributed by atoms with Crippen LogP contribution in [0.1, 0.15) is 5.56 Å². The van der Waals surface area contributed by atoms with Gasteiger partial charge in [0.15, 0.2) is 0 Å². The Bertz CT molecular complexity index is 681. The molecule has 0 heterocycles. The molecule has 0 aliphatic carbocycles. The Labute approximate surface area is 148 Å². The highest BCUT2D eigenvalue weighted by Gasteiger charge is 2.03. The number of amides is 1. The Morgan fingerprint density at radius 3 is 2.52 bits per heavy atom. The number of nitriles is 1. The first kappa shape index (κ1) is 17.4. The first-order valence-electron chi connectivity index (χ1n) is 6.93. The Morgan fingerprint density at radius 2 is 1.87 bits per heavy atom. The summed E-state index contributed by atoms with van der Waals surface area (Å²) in [6.45, 7) is 0.552. The molecule has 0 unspecified atom stereocenters. The van der Waals surface area contributed by atoms with Crippen LogP contribution in [-0.2, 0) is 4.79 Å². The lowest BCUT2D eigenvalue weighted by Crippen LogP contribution is -2.15. The zero-order chi connectivity index (χ0) is 16.5. The van der Waals surface area contributed by atoms with Crippen LogP contribution in [-0.4, -0.2) is 24.0 Å². The summed E-state index contributed by atoms with van der Waals surface area (Å²) in [5.74, 6) is 1.85. The minimum Gasteiger partial charge on any atom is -0.493 e. The normalized spacial score (nSPS) is 9.91. The van der Waals surface area contributed by atoms with Crippen LogP contribution < -0.4 is 10.1 Å². The van der Waals surface area contributed by atoms with Crippen molar-refractivity contribution in [2.45, 2.75) is 0 Å². The molecule has 118 valence electrons. The van der Waals surface area contributed by atoms with Crippen LogP contribution in [0.25, 0.3) is 0 Å². The van der Waals surface area contributed by atoms with Crippen molar-refractivity contribution < 1.29 is 9.53 Å². The fourth-order valence-corrected chi connectivity index (χ4v) is 2.61. The zero-order valence-electron chi connectivity index (χ0n) is 12.3. The van der Waals surface area contributed by atoms with Crippen LogP contribution in [0, 0.1) is 11.3 Å². The van der Waals surface area contributed by atoms with E-state index in [1.807, 2.05) is 30.3 Å². The predicted molar refractivity (Wildman–Crippen MR) is 96.7 cm³/mol. The van der Waals surface area contributed by atoms with Gasteiger partial charge in [0.1, 0.15) is 5.75 Å². The SMILES string of the molecule is N#Cc1ccc(NC(=O)CSCCOc2ccc(Br)cc2)cc1. The quantitative estimate of drug-likeness (QED) is 0.723. The van der Waals surface area contributed by atoms with Crippen LogP contribution in [0.15, 0.2) is 53.0 Å². The van der Waals surface area contributed by atoms with Crippen molar-refractivity contribution in [3.8, 4) is 11.8 Å². The van der Waals surface area contributed by atoms with Crippen LogP contribution in [0.5, 0.6) is 5.75 Å². The molecule has 1 amide bonds. The molecule has 0 bridgehead atoms. The lowest BCUT2D eigenvalue weighted by Gasteiger charge is -2.07. The number of hydrogen-bond donors (Lipinski definition) is 1. The fourth-order valence-electron chi connectivity index (χ4n) is 1.74. The third kappa shape index (κ3) is 6.35. The van der Waals surface area contributed by atoms with E-state index in [-0.39, 0.29) is 5.91 Å². The number of anilines is 1. The van der Waals surface area contributed by atoms with Crippen molar-refractivity contribution in [1.82, 2.24) is 0 Å². The van der Waals surface area contributed by atoms with Gasteiger partial charge >= 0.3 is 0 Å². The highest BCUT2D eigenvalue weighted by Crippen LogP contribution is 2.16. The molecular weight excluding hydrogens is 376 g/mol. The van der Waals surface area contributed by atoms with Gasteiger partial charge in [0, 0.05) is 15.9 Å². The number of thioether (sulfide) groups is 1. The smallest absolute Gasteiger partial charge is 0.234 e. The molecular formula is C17H15BrN2O2S. The van der Waals surface area contributed by atoms with E-state index in [9.17, 15) is 4.79 Å². The molecule has 0 saturated carbocycles. The predicted octanol–water partition coefficient (Wildman–Crippen LogP) is 4.07. The van der Waals surface area contributed by atoms with Crippen molar-refractivity contribution in [2.75, 3.05) is 23.4 Å². The summed E-state index contributed by atoms with van der Waals surface area (Å²) in [5, 5.41) is 11.5. The van der Waals surface area contributed by atoms with Crippen LogP contribution in [0.4, 0.5) is 5.69 Å². The molecule has 23 heavy (non-hydrogen) atoms. The Morgan fingerprint density at radius 1 is 1.17 bits per heavy atom. The number of rotatable bonds is 7. The second-order valence-electron chi connectivity index (χ2n) is 4.59. The molecule has 0 radical (unpaired) electrons. The number of carbonyl (C=O) groups is 1. The van der Waals surface area contributed by atoms with Crippen molar-refractivity contribution >= 4 is 39.3 Å². The summed E-state index contributed by atoms with van der Waals surface area (Å²) in [7, 11) is 0. The molecule has 0 aliphatic rings. The summed E-state index contributed by atoms with van der Waals surface area (Å²) in [4.78, 5) is 11.8. The second-order valence-corrected chi connectivity index (χ2v) is 6.61. The third-order valence-corrected chi connectivity index (χ3v) is 4.29. The third-order valence-electron chi connectivity index (χ3n) is 2.84. The zero-order valence-corrected chi connectivity index (χ0v) is 14.7. The summed E-state index contributed by atoms with van der Waals surface area (Å²) >= 11 is 4.88. The first-order chi connectivity index (χ1) is 11.2. The molecule has 0 aliphatic heterocycles. The fraction of sp³-hybridized carbons (Fsp3) is 0.176. The number of nitrogens with zero attached hydrogens (tertiary/aromatic N) is 1. The minimum atomic E-state index is -0.0663. The van der Waals surface area contributed by atoms with Gasteiger partial charge in [-0.3, -0.25) is 4.79 Å². The van der Waals surface area contributed by atoms with E-state index < -0.39 is 0 Å². The number of carbonyl (C=O) groups excluding carboxylic acids is 1. The molecule has 2 aromatic carbocycles. The standard InChI is InChI=1S/C17H15BrN2O2S/c18-14-3-7-16(8-4-14)22-9-10-23-12-17(21)20-15-5-1-13(11-19)2-6-15/h1-8H,9-10,12H2,(H,20,21). The molecule has 4 nitrogen and oxygen atoms in total. The van der Waals surface area contributed by atoms with E-state index >= 15 is 0 Å². The number of ether oxygens (including phenoxy) is 1. The van der Waals surface area contributed by atoms with Crippen molar-refractivity contribution in [1.29, 1.82) is 5.26 Å². The van der Waals surface area contributed by atoms with Gasteiger partial charge in [0.2, 0.25) is 5.91 Å². The van der Waals surface area contributed by atoms with Crippen LogP contribution in [0.2, 0.25) is 0 Å². The maximum Gasteiger partial charge on any atom is 0.234 e. The van der Waals surface area contributed by atoms with E-state index in [0.717, 1.165) is 16.0 Å². The molecule has 0 spiro atoms. The van der Waals surface area contributed by atoms with Crippen molar-refractivity contribution in [2.24, 2.45) is 0 Å². The average molecular weight is 391 g/mol. The van der Waals surface area contributed by atoms with Crippen molar-refractivity contribution in [3.63, 3.8) is 0 Å². The van der Waals surface area contributed by atoms with Gasteiger partial charge in [-0.25, -0.2) is 0 Å². The highest BCUT2D eigenvalue weighted by atomic mass is 79.9. The summed E-state index contributed by atoms with van der Waals surface area (Å²) in [6, 6.07) is 16.5. The monoisotopic (exact) mass is 390 g/mol. The van der Waals surface area contributed by atoms with Crippen LogP contribution in [0.3, 0.4) is 0 Å². The Balaban J connectivity index is 1.62. The van der Waals surface area contributed by atoms with Gasteiger partial charge < -0.3 is 10.1 Å². The van der Waals surface area contributed by atoms with E-state index in [2.05, 4.69) is 21.2 Å². The van der Waals surface area contributed by atoms with Gasteiger partial charge in [-0.05, 0) is 48.5 Å². The molecule has 2 rings (SSSR count). The van der Waals surface area contributed by atoms with E-state index in [4.69, 9.17) is 10.00 Å². The Hall–Kier alpha value is -1.97. The molecule has 2 aromatic rings. The summed E-state index contributed by atoms with van der Waals surface area (Å²) < 4.78 is 6.60. The number of benzene rings is 2.